The van der Waals surface area contributed by atoms with Crippen LogP contribution in [-0.2, 0) is 12.6 Å². The molecular formula is C14H10ClF3N2O3. The summed E-state index contributed by atoms with van der Waals surface area (Å²) in [6.07, 6.45) is -3.79. The minimum Gasteiger partial charge on any atom is -0.477 e. The van der Waals surface area contributed by atoms with Gasteiger partial charge in [0.1, 0.15) is 5.56 Å². The van der Waals surface area contributed by atoms with Gasteiger partial charge in [0.25, 0.3) is 0 Å². The van der Waals surface area contributed by atoms with Crippen molar-refractivity contribution in [1.82, 2.24) is 9.78 Å². The molecule has 1 heterocycles. The summed E-state index contributed by atoms with van der Waals surface area (Å²) in [7, 11) is 0. The number of carboxylic acids is 1. The molecule has 0 amide bonds. The third-order valence-electron chi connectivity index (χ3n) is 3.13. The first-order valence-electron chi connectivity index (χ1n) is 6.38. The van der Waals surface area contributed by atoms with Crippen LogP contribution in [0.4, 0.5) is 13.2 Å². The van der Waals surface area contributed by atoms with Crippen LogP contribution in [-0.4, -0.2) is 20.9 Å². The van der Waals surface area contributed by atoms with E-state index in [9.17, 15) is 22.8 Å². The Balaban J connectivity index is 2.80. The standard InChI is InChI=1S/C14H10ClF3N2O3/c1-2-9-12(13(22)23)11(21)6-19-20(9)10-5-7(14(16,17)18)3-4-8(10)15/h3-6H,2H2,1H3,(H,22,23). The van der Waals surface area contributed by atoms with Crippen LogP contribution in [0.25, 0.3) is 5.69 Å². The highest BCUT2D eigenvalue weighted by molar-refractivity contribution is 6.32. The third-order valence-corrected chi connectivity index (χ3v) is 3.45. The van der Waals surface area contributed by atoms with Crippen LogP contribution in [0, 0.1) is 0 Å². The van der Waals surface area contributed by atoms with Crippen molar-refractivity contribution >= 4 is 17.6 Å². The van der Waals surface area contributed by atoms with Crippen molar-refractivity contribution in [2.75, 3.05) is 0 Å². The van der Waals surface area contributed by atoms with Gasteiger partial charge in [-0.05, 0) is 24.6 Å². The zero-order valence-electron chi connectivity index (χ0n) is 11.7. The van der Waals surface area contributed by atoms with Gasteiger partial charge in [0.15, 0.2) is 0 Å². The number of aromatic nitrogens is 2. The van der Waals surface area contributed by atoms with Gasteiger partial charge in [-0.25, -0.2) is 9.48 Å². The molecule has 0 atom stereocenters. The summed E-state index contributed by atoms with van der Waals surface area (Å²) in [5.41, 5.74) is -2.52. The molecule has 2 aromatic rings. The summed E-state index contributed by atoms with van der Waals surface area (Å²) < 4.78 is 39.5. The van der Waals surface area contributed by atoms with Gasteiger partial charge in [-0.15, -0.1) is 0 Å². The number of hydrogen-bond donors (Lipinski definition) is 1. The fourth-order valence-electron chi connectivity index (χ4n) is 2.11. The Morgan fingerprint density at radius 1 is 1.39 bits per heavy atom. The molecule has 0 saturated carbocycles. The van der Waals surface area contributed by atoms with Crippen molar-refractivity contribution < 1.29 is 23.1 Å². The molecule has 0 bridgehead atoms. The van der Waals surface area contributed by atoms with E-state index in [-0.39, 0.29) is 22.8 Å². The molecule has 1 N–H and O–H groups in total. The third kappa shape index (κ3) is 3.21. The molecule has 0 saturated heterocycles. The van der Waals surface area contributed by atoms with Crippen LogP contribution < -0.4 is 5.43 Å². The van der Waals surface area contributed by atoms with Crippen molar-refractivity contribution in [3.05, 3.63) is 56.5 Å². The SMILES string of the molecule is CCc1c(C(=O)O)c(=O)cnn1-c1cc(C(F)(F)F)ccc1Cl. The van der Waals surface area contributed by atoms with E-state index in [0.29, 0.717) is 0 Å². The lowest BCUT2D eigenvalue weighted by Gasteiger charge is -2.16. The topological polar surface area (TPSA) is 72.2 Å². The smallest absolute Gasteiger partial charge is 0.416 e. The summed E-state index contributed by atoms with van der Waals surface area (Å²) in [6, 6.07) is 2.60. The van der Waals surface area contributed by atoms with E-state index in [4.69, 9.17) is 16.7 Å². The highest BCUT2D eigenvalue weighted by Gasteiger charge is 2.31. The highest BCUT2D eigenvalue weighted by atomic mass is 35.5. The highest BCUT2D eigenvalue weighted by Crippen LogP contribution is 2.33. The first kappa shape index (κ1) is 17.0. The monoisotopic (exact) mass is 346 g/mol. The Bertz CT molecular complexity index is 831. The van der Waals surface area contributed by atoms with Crippen molar-refractivity contribution in [3.8, 4) is 5.69 Å². The molecule has 122 valence electrons. The number of rotatable bonds is 3. The quantitative estimate of drug-likeness (QED) is 0.926. The molecule has 1 aromatic heterocycles. The molecule has 0 aliphatic rings. The Hall–Kier alpha value is -2.35. The lowest BCUT2D eigenvalue weighted by Crippen LogP contribution is -2.24. The zero-order valence-corrected chi connectivity index (χ0v) is 12.4. The first-order chi connectivity index (χ1) is 10.7. The molecule has 23 heavy (non-hydrogen) atoms. The molecule has 0 spiro atoms. The minimum atomic E-state index is -4.60. The molecule has 9 heteroatoms. The van der Waals surface area contributed by atoms with Gasteiger partial charge < -0.3 is 5.11 Å². The molecule has 0 fully saturated rings. The summed E-state index contributed by atoms with van der Waals surface area (Å²) >= 11 is 5.93. The van der Waals surface area contributed by atoms with Crippen molar-refractivity contribution in [3.63, 3.8) is 0 Å². The van der Waals surface area contributed by atoms with Crippen LogP contribution in [0.2, 0.25) is 5.02 Å². The van der Waals surface area contributed by atoms with Gasteiger partial charge >= 0.3 is 12.1 Å². The van der Waals surface area contributed by atoms with Crippen molar-refractivity contribution in [1.29, 1.82) is 0 Å². The van der Waals surface area contributed by atoms with E-state index < -0.39 is 28.7 Å². The average Bonchev–Trinajstić information content (AvgIpc) is 2.46. The number of benzene rings is 1. The lowest BCUT2D eigenvalue weighted by molar-refractivity contribution is -0.137. The van der Waals surface area contributed by atoms with Crippen LogP contribution in [0.5, 0.6) is 0 Å². The van der Waals surface area contributed by atoms with E-state index in [1.807, 2.05) is 0 Å². The van der Waals surface area contributed by atoms with Crippen molar-refractivity contribution in [2.45, 2.75) is 19.5 Å². The van der Waals surface area contributed by atoms with E-state index in [1.54, 1.807) is 6.92 Å². The fourth-order valence-corrected chi connectivity index (χ4v) is 2.30. The van der Waals surface area contributed by atoms with E-state index in [1.165, 1.54) is 0 Å². The number of alkyl halides is 3. The maximum atomic E-state index is 12.9. The molecule has 0 aliphatic carbocycles. The second-order valence-corrected chi connectivity index (χ2v) is 4.97. The number of halogens is 4. The number of nitrogens with zero attached hydrogens (tertiary/aromatic N) is 2. The van der Waals surface area contributed by atoms with E-state index >= 15 is 0 Å². The number of carboxylic acid groups (broad SMARTS) is 1. The summed E-state index contributed by atoms with van der Waals surface area (Å²) in [5, 5.41) is 12.8. The summed E-state index contributed by atoms with van der Waals surface area (Å²) in [5.74, 6) is -1.48. The largest absolute Gasteiger partial charge is 0.477 e. The second-order valence-electron chi connectivity index (χ2n) is 4.56. The van der Waals surface area contributed by atoms with Gasteiger partial charge in [-0.3, -0.25) is 4.79 Å². The van der Waals surface area contributed by atoms with E-state index in [2.05, 4.69) is 5.10 Å². The Kier molecular flexibility index (Phi) is 4.46. The van der Waals surface area contributed by atoms with Crippen molar-refractivity contribution in [2.24, 2.45) is 0 Å². The molecule has 5 nitrogen and oxygen atoms in total. The number of hydrogen-bond acceptors (Lipinski definition) is 3. The van der Waals surface area contributed by atoms with Gasteiger partial charge in [-0.2, -0.15) is 18.3 Å². The Labute approximate surface area is 132 Å². The average molecular weight is 347 g/mol. The molecule has 0 radical (unpaired) electrons. The maximum Gasteiger partial charge on any atom is 0.416 e. The van der Waals surface area contributed by atoms with Gasteiger partial charge in [0.2, 0.25) is 5.43 Å². The number of aromatic carboxylic acids is 1. The summed E-state index contributed by atoms with van der Waals surface area (Å²) in [6.45, 7) is 1.56. The van der Waals surface area contributed by atoms with Crippen LogP contribution in [0.3, 0.4) is 0 Å². The second kappa shape index (κ2) is 6.04. The molecule has 0 unspecified atom stereocenters. The minimum absolute atomic E-state index is 0.0359. The predicted molar refractivity (Wildman–Crippen MR) is 76.2 cm³/mol. The van der Waals surface area contributed by atoms with Gasteiger partial charge in [0.05, 0.1) is 28.2 Å². The van der Waals surface area contributed by atoms with Crippen LogP contribution in [0.15, 0.2) is 29.2 Å². The fraction of sp³-hybridized carbons (Fsp3) is 0.214. The van der Waals surface area contributed by atoms with Gasteiger partial charge in [-0.1, -0.05) is 18.5 Å². The van der Waals surface area contributed by atoms with Crippen LogP contribution in [0.1, 0.15) is 28.5 Å². The lowest BCUT2D eigenvalue weighted by atomic mass is 10.1. The maximum absolute atomic E-state index is 12.9. The first-order valence-corrected chi connectivity index (χ1v) is 6.76. The summed E-state index contributed by atoms with van der Waals surface area (Å²) in [4.78, 5) is 22.9. The molecule has 0 aliphatic heterocycles. The molecule has 2 rings (SSSR count). The zero-order chi connectivity index (χ0) is 17.4. The van der Waals surface area contributed by atoms with E-state index in [0.717, 1.165) is 29.1 Å². The van der Waals surface area contributed by atoms with Gasteiger partial charge in [0, 0.05) is 0 Å². The molecular weight excluding hydrogens is 337 g/mol. The Morgan fingerprint density at radius 3 is 2.57 bits per heavy atom. The predicted octanol–water partition coefficient (Wildman–Crippen LogP) is 3.17. The number of carbonyl (C=O) groups is 1. The Morgan fingerprint density at radius 2 is 2.04 bits per heavy atom. The normalized spacial score (nSPS) is 11.5. The molecule has 1 aromatic carbocycles. The van der Waals surface area contributed by atoms with Crippen LogP contribution >= 0.6 is 11.6 Å².